The number of esters is 2. The van der Waals surface area contributed by atoms with Gasteiger partial charge < -0.3 is 20.1 Å². The van der Waals surface area contributed by atoms with Crippen LogP contribution in [0.15, 0.2) is 0 Å². The van der Waals surface area contributed by atoms with Crippen molar-refractivity contribution in [3.8, 4) is 0 Å². The smallest absolute Gasteiger partial charge is 0.307 e. The van der Waals surface area contributed by atoms with Gasteiger partial charge in [0.2, 0.25) is 0 Å². The fourth-order valence-electron chi connectivity index (χ4n) is 8.04. The highest BCUT2D eigenvalue weighted by molar-refractivity contribution is 5.69. The van der Waals surface area contributed by atoms with Crippen LogP contribution in [0.25, 0.3) is 0 Å². The highest BCUT2D eigenvalue weighted by Gasteiger charge is 2.41. The van der Waals surface area contributed by atoms with Crippen molar-refractivity contribution in [2.75, 3.05) is 39.4 Å². The fraction of sp³-hybridized carbons (Fsp3) is 0.944. The van der Waals surface area contributed by atoms with Crippen molar-refractivity contribution >= 4 is 11.9 Å². The van der Waals surface area contributed by atoms with Crippen LogP contribution in [-0.2, 0) is 19.1 Å². The molecule has 8 heteroatoms. The summed E-state index contributed by atoms with van der Waals surface area (Å²) < 4.78 is 10.8. The number of hydrogen-bond donors (Lipinski definition) is 2. The summed E-state index contributed by atoms with van der Waals surface area (Å²) in [5, 5.41) is 7.62. The topological polar surface area (TPSA) is 83.1 Å². The lowest BCUT2D eigenvalue weighted by atomic mass is 9.79. The van der Waals surface area contributed by atoms with E-state index in [0.717, 1.165) is 77.5 Å². The largest absolute Gasteiger partial charge is 0.466 e. The van der Waals surface area contributed by atoms with Crippen LogP contribution in [0.4, 0.5) is 0 Å². The highest BCUT2D eigenvalue weighted by atomic mass is 16.5. The molecule has 2 fully saturated rings. The van der Waals surface area contributed by atoms with E-state index in [1.807, 2.05) is 13.8 Å². The Morgan fingerprint density at radius 3 is 1.18 bits per heavy atom. The predicted octanol–water partition coefficient (Wildman–Crippen LogP) is 6.46. The number of unbranched alkanes of at least 4 members (excludes halogenated alkanes) is 3. The van der Waals surface area contributed by atoms with Gasteiger partial charge in [-0.15, -0.1) is 0 Å². The van der Waals surface area contributed by atoms with Crippen molar-refractivity contribution in [3.05, 3.63) is 0 Å². The first-order chi connectivity index (χ1) is 20.5. The van der Waals surface area contributed by atoms with Gasteiger partial charge in [0.25, 0.3) is 0 Å². The molecule has 0 aromatic heterocycles. The first-order valence-electron chi connectivity index (χ1n) is 17.8. The van der Waals surface area contributed by atoms with Crippen molar-refractivity contribution in [1.29, 1.82) is 0 Å². The zero-order valence-electron chi connectivity index (χ0n) is 30.4. The Kier molecular flexibility index (Phi) is 15.6. The number of nitrogens with one attached hydrogen (secondary N) is 2. The molecule has 0 aromatic carbocycles. The molecule has 44 heavy (non-hydrogen) atoms. The zero-order chi connectivity index (χ0) is 33.0. The SMILES string of the molecule is CCCOC(=O)CCN(CCCCCCN(CCC(=O)OCCC)C1CC(C)(C)NC(C)(C)C1)C1CC(C)(C)NC(C)(C)C1. The summed E-state index contributed by atoms with van der Waals surface area (Å²) in [7, 11) is 0. The molecule has 0 radical (unpaired) electrons. The minimum absolute atomic E-state index is 0.0670. The Balaban J connectivity index is 1.95. The molecule has 0 aliphatic carbocycles. The predicted molar refractivity (Wildman–Crippen MR) is 182 cm³/mol. The molecule has 0 amide bonds. The second-order valence-corrected chi connectivity index (χ2v) is 16.3. The molecule has 2 heterocycles. The molecule has 258 valence electrons. The summed E-state index contributed by atoms with van der Waals surface area (Å²) in [6, 6.07) is 0.907. The van der Waals surface area contributed by atoms with Crippen molar-refractivity contribution in [1.82, 2.24) is 20.4 Å². The molecular formula is C36H70N4O4. The van der Waals surface area contributed by atoms with Gasteiger partial charge in [0.05, 0.1) is 26.1 Å². The normalized spacial score (nSPS) is 21.5. The summed E-state index contributed by atoms with van der Waals surface area (Å²) in [5.74, 6) is -0.153. The molecule has 0 atom stereocenters. The maximum Gasteiger partial charge on any atom is 0.307 e. The van der Waals surface area contributed by atoms with E-state index in [0.29, 0.717) is 38.1 Å². The Hall–Kier alpha value is -1.22. The molecule has 0 bridgehead atoms. The molecule has 2 rings (SSSR count). The van der Waals surface area contributed by atoms with Gasteiger partial charge in [0.15, 0.2) is 0 Å². The van der Waals surface area contributed by atoms with E-state index in [2.05, 4.69) is 75.8 Å². The molecular weight excluding hydrogens is 552 g/mol. The summed E-state index contributed by atoms with van der Waals surface area (Å²) in [6.45, 7) is 27.1. The van der Waals surface area contributed by atoms with Gasteiger partial charge in [-0.2, -0.15) is 0 Å². The van der Waals surface area contributed by atoms with E-state index in [1.54, 1.807) is 0 Å². The van der Waals surface area contributed by atoms with E-state index < -0.39 is 0 Å². The van der Waals surface area contributed by atoms with Crippen molar-refractivity contribution in [2.45, 2.75) is 181 Å². The minimum atomic E-state index is -0.0766. The van der Waals surface area contributed by atoms with Gasteiger partial charge in [0.1, 0.15) is 0 Å². The van der Waals surface area contributed by atoms with Gasteiger partial charge in [-0.05, 0) is 120 Å². The third kappa shape index (κ3) is 14.9. The standard InChI is InChI=1S/C36H70N4O4/c1-11-23-43-31(41)17-21-39(29-25-33(3,4)37-34(5,6)26-29)19-15-13-14-16-20-40(22-18-32(42)44-24-12-2)30-27-35(7,8)38-36(9,10)28-30/h29-30,37-38H,11-28H2,1-10H3. The lowest BCUT2D eigenvalue weighted by Crippen LogP contribution is -2.62. The minimum Gasteiger partial charge on any atom is -0.466 e. The van der Waals surface area contributed by atoms with E-state index in [9.17, 15) is 9.59 Å². The number of hydrogen-bond acceptors (Lipinski definition) is 8. The zero-order valence-corrected chi connectivity index (χ0v) is 30.4. The summed E-state index contributed by atoms with van der Waals surface area (Å²) in [5.41, 5.74) is 0.268. The van der Waals surface area contributed by atoms with Crippen LogP contribution >= 0.6 is 0 Å². The molecule has 0 aromatic rings. The highest BCUT2D eigenvalue weighted by Crippen LogP contribution is 2.33. The van der Waals surface area contributed by atoms with Crippen molar-refractivity contribution < 1.29 is 19.1 Å². The maximum absolute atomic E-state index is 12.4. The summed E-state index contributed by atoms with van der Waals surface area (Å²) >= 11 is 0. The lowest BCUT2D eigenvalue weighted by molar-refractivity contribution is -0.145. The fourth-order valence-corrected chi connectivity index (χ4v) is 8.04. The van der Waals surface area contributed by atoms with Crippen molar-refractivity contribution in [2.24, 2.45) is 0 Å². The molecule has 2 aliphatic rings. The summed E-state index contributed by atoms with van der Waals surface area (Å²) in [6.07, 6.45) is 11.6. The average Bonchev–Trinajstić information content (AvgIpc) is 2.87. The number of nitrogens with zero attached hydrogens (tertiary/aromatic N) is 2. The van der Waals surface area contributed by atoms with Gasteiger partial charge in [-0.1, -0.05) is 26.7 Å². The van der Waals surface area contributed by atoms with Crippen LogP contribution in [0.1, 0.15) is 146 Å². The quantitative estimate of drug-likeness (QED) is 0.126. The average molecular weight is 623 g/mol. The first kappa shape index (κ1) is 39.0. The van der Waals surface area contributed by atoms with Crippen molar-refractivity contribution in [3.63, 3.8) is 0 Å². The number of carbonyl (C=O) groups excluding carboxylic acids is 2. The lowest BCUT2D eigenvalue weighted by Gasteiger charge is -2.50. The van der Waals surface area contributed by atoms with Crippen LogP contribution in [0.3, 0.4) is 0 Å². The number of ether oxygens (including phenoxy) is 2. The molecule has 8 nitrogen and oxygen atoms in total. The van der Waals surface area contributed by atoms with E-state index >= 15 is 0 Å². The maximum atomic E-state index is 12.4. The number of rotatable bonds is 19. The van der Waals surface area contributed by atoms with Crippen LogP contribution < -0.4 is 10.6 Å². The monoisotopic (exact) mass is 623 g/mol. The van der Waals surface area contributed by atoms with Crippen LogP contribution in [0.2, 0.25) is 0 Å². The van der Waals surface area contributed by atoms with Gasteiger partial charge in [-0.25, -0.2) is 0 Å². The van der Waals surface area contributed by atoms with Crippen LogP contribution in [-0.4, -0.2) is 95.4 Å². The first-order valence-corrected chi connectivity index (χ1v) is 17.8. The third-order valence-corrected chi connectivity index (χ3v) is 9.15. The second kappa shape index (κ2) is 17.6. The van der Waals surface area contributed by atoms with E-state index in [4.69, 9.17) is 9.47 Å². The van der Waals surface area contributed by atoms with Crippen LogP contribution in [0, 0.1) is 0 Å². The molecule has 2 saturated heterocycles. The van der Waals surface area contributed by atoms with E-state index in [1.165, 1.54) is 12.8 Å². The molecule has 0 saturated carbocycles. The number of piperidine rings is 2. The second-order valence-electron chi connectivity index (χ2n) is 16.3. The van der Waals surface area contributed by atoms with Gasteiger partial charge in [0, 0.05) is 47.3 Å². The molecule has 2 aliphatic heterocycles. The Morgan fingerprint density at radius 1 is 0.568 bits per heavy atom. The Labute approximate surface area is 271 Å². The Bertz CT molecular complexity index is 770. The Morgan fingerprint density at radius 2 is 0.886 bits per heavy atom. The summed E-state index contributed by atoms with van der Waals surface area (Å²) in [4.78, 5) is 29.9. The molecule has 0 unspecified atom stereocenters. The van der Waals surface area contributed by atoms with Gasteiger partial charge >= 0.3 is 11.9 Å². The van der Waals surface area contributed by atoms with Crippen LogP contribution in [0.5, 0.6) is 0 Å². The third-order valence-electron chi connectivity index (χ3n) is 9.15. The molecule has 2 N–H and O–H groups in total. The van der Waals surface area contributed by atoms with Gasteiger partial charge in [-0.3, -0.25) is 19.4 Å². The van der Waals surface area contributed by atoms with E-state index in [-0.39, 0.29) is 34.1 Å². The number of carbonyl (C=O) groups is 2. The molecule has 0 spiro atoms.